The van der Waals surface area contributed by atoms with Gasteiger partial charge in [0.15, 0.2) is 5.65 Å². The van der Waals surface area contributed by atoms with E-state index in [9.17, 15) is 13.2 Å². The summed E-state index contributed by atoms with van der Waals surface area (Å²) in [5.41, 5.74) is 3.47. The van der Waals surface area contributed by atoms with Crippen molar-refractivity contribution in [3.63, 3.8) is 0 Å². The predicted octanol–water partition coefficient (Wildman–Crippen LogP) is 2.13. The van der Waals surface area contributed by atoms with E-state index in [-0.39, 0.29) is 19.0 Å². The van der Waals surface area contributed by atoms with Crippen molar-refractivity contribution in [2.24, 2.45) is 0 Å². The van der Waals surface area contributed by atoms with Gasteiger partial charge in [0.1, 0.15) is 9.77 Å². The molecule has 0 spiro atoms. The van der Waals surface area contributed by atoms with Gasteiger partial charge in [0.25, 0.3) is 15.9 Å². The standard InChI is InChI=1S/C21H23N7O3S2/c1-3-26-14-17(15(2)24-26)18-6-7-22-20-16(13-23-28(18)20)21(29)25-8-10-27(11-9-25)33(30,31)19-5-4-12-32-19/h4-7,12-14H,3,8-11H2,1-2H3. The maximum Gasteiger partial charge on any atom is 0.259 e. The summed E-state index contributed by atoms with van der Waals surface area (Å²) in [7, 11) is -3.52. The van der Waals surface area contributed by atoms with Gasteiger partial charge in [-0.1, -0.05) is 6.07 Å². The minimum atomic E-state index is -3.52. The van der Waals surface area contributed by atoms with Crippen molar-refractivity contribution in [3.05, 3.63) is 53.4 Å². The number of piperazine rings is 1. The molecule has 0 saturated carbocycles. The van der Waals surface area contributed by atoms with E-state index < -0.39 is 10.0 Å². The van der Waals surface area contributed by atoms with E-state index in [2.05, 4.69) is 15.2 Å². The molecule has 0 atom stereocenters. The second kappa shape index (κ2) is 8.36. The number of amides is 1. The Morgan fingerprint density at radius 2 is 1.97 bits per heavy atom. The lowest BCUT2D eigenvalue weighted by Gasteiger charge is -2.33. The molecule has 1 aliphatic rings. The molecule has 12 heteroatoms. The number of carbonyl (C=O) groups excluding carboxylic acids is 1. The van der Waals surface area contributed by atoms with Crippen molar-refractivity contribution in [1.82, 2.24) is 33.6 Å². The number of aryl methyl sites for hydroxylation is 2. The number of nitrogens with zero attached hydrogens (tertiary/aromatic N) is 7. The van der Waals surface area contributed by atoms with Crippen LogP contribution < -0.4 is 0 Å². The highest BCUT2D eigenvalue weighted by atomic mass is 32.2. The summed E-state index contributed by atoms with van der Waals surface area (Å²) < 4.78 is 30.8. The fourth-order valence-electron chi connectivity index (χ4n) is 4.02. The topological polar surface area (TPSA) is 106 Å². The van der Waals surface area contributed by atoms with Gasteiger partial charge in [0.05, 0.1) is 17.6 Å². The predicted molar refractivity (Wildman–Crippen MR) is 124 cm³/mol. The largest absolute Gasteiger partial charge is 0.336 e. The summed E-state index contributed by atoms with van der Waals surface area (Å²) >= 11 is 1.20. The third-order valence-electron chi connectivity index (χ3n) is 5.79. The van der Waals surface area contributed by atoms with Gasteiger partial charge in [-0.2, -0.15) is 14.5 Å². The lowest BCUT2D eigenvalue weighted by molar-refractivity contribution is 0.0699. The molecular weight excluding hydrogens is 462 g/mol. The Morgan fingerprint density at radius 3 is 2.64 bits per heavy atom. The third-order valence-corrected chi connectivity index (χ3v) is 9.06. The minimum Gasteiger partial charge on any atom is -0.336 e. The van der Waals surface area contributed by atoms with Crippen molar-refractivity contribution < 1.29 is 13.2 Å². The second-order valence-corrected chi connectivity index (χ2v) is 10.8. The monoisotopic (exact) mass is 485 g/mol. The van der Waals surface area contributed by atoms with Crippen molar-refractivity contribution in [3.8, 4) is 11.3 Å². The van der Waals surface area contributed by atoms with Gasteiger partial charge < -0.3 is 4.90 Å². The number of fused-ring (bicyclic) bond motifs is 1. The number of thiophene rings is 1. The van der Waals surface area contributed by atoms with E-state index in [1.54, 1.807) is 33.1 Å². The zero-order valence-corrected chi connectivity index (χ0v) is 19.9. The first-order valence-electron chi connectivity index (χ1n) is 10.6. The molecule has 1 fully saturated rings. The van der Waals surface area contributed by atoms with Crippen molar-refractivity contribution in [2.45, 2.75) is 24.6 Å². The van der Waals surface area contributed by atoms with Crippen LogP contribution in [0.4, 0.5) is 0 Å². The Kier molecular flexibility index (Phi) is 5.51. The first-order chi connectivity index (χ1) is 15.9. The number of sulfonamides is 1. The average molecular weight is 486 g/mol. The number of hydrogen-bond acceptors (Lipinski definition) is 7. The van der Waals surface area contributed by atoms with Crippen LogP contribution in [0.25, 0.3) is 16.9 Å². The van der Waals surface area contributed by atoms with Crippen molar-refractivity contribution in [1.29, 1.82) is 0 Å². The molecule has 5 heterocycles. The zero-order valence-electron chi connectivity index (χ0n) is 18.2. The molecule has 10 nitrogen and oxygen atoms in total. The zero-order chi connectivity index (χ0) is 23.2. The van der Waals surface area contributed by atoms with Crippen LogP contribution in [0.5, 0.6) is 0 Å². The molecule has 1 amide bonds. The minimum absolute atomic E-state index is 0.205. The van der Waals surface area contributed by atoms with Crippen LogP contribution in [0.2, 0.25) is 0 Å². The first kappa shape index (κ1) is 21.7. The maximum absolute atomic E-state index is 13.3. The molecule has 0 unspecified atom stereocenters. The molecule has 4 aromatic rings. The molecule has 1 aliphatic heterocycles. The van der Waals surface area contributed by atoms with E-state index in [0.29, 0.717) is 28.5 Å². The van der Waals surface area contributed by atoms with Crippen LogP contribution in [0.15, 0.2) is 46.4 Å². The molecule has 5 rings (SSSR count). The quantitative estimate of drug-likeness (QED) is 0.429. The van der Waals surface area contributed by atoms with E-state index in [4.69, 9.17) is 0 Å². The molecule has 0 aromatic carbocycles. The molecular formula is C21H23N7O3S2. The summed E-state index contributed by atoms with van der Waals surface area (Å²) in [6, 6.07) is 5.18. The smallest absolute Gasteiger partial charge is 0.259 e. The van der Waals surface area contributed by atoms with Crippen LogP contribution in [0.1, 0.15) is 23.0 Å². The van der Waals surface area contributed by atoms with Gasteiger partial charge in [-0.3, -0.25) is 9.48 Å². The number of hydrogen-bond donors (Lipinski definition) is 0. The molecule has 0 aliphatic carbocycles. The SMILES string of the molecule is CCn1cc(-c2ccnc3c(C(=O)N4CCN(S(=O)(=O)c5cccs5)CC4)cnn23)c(C)n1. The highest BCUT2D eigenvalue weighted by Gasteiger charge is 2.32. The Balaban J connectivity index is 1.38. The molecule has 33 heavy (non-hydrogen) atoms. The van der Waals surface area contributed by atoms with Gasteiger partial charge in [0, 0.05) is 50.7 Å². The van der Waals surface area contributed by atoms with E-state index in [1.165, 1.54) is 21.8 Å². The molecule has 0 bridgehead atoms. The van der Waals surface area contributed by atoms with Gasteiger partial charge in [0.2, 0.25) is 0 Å². The van der Waals surface area contributed by atoms with Gasteiger partial charge >= 0.3 is 0 Å². The molecule has 1 saturated heterocycles. The second-order valence-electron chi connectivity index (χ2n) is 7.74. The number of aromatic nitrogens is 5. The lowest BCUT2D eigenvalue weighted by Crippen LogP contribution is -2.50. The summed E-state index contributed by atoms with van der Waals surface area (Å²) in [6.07, 6.45) is 5.15. The van der Waals surface area contributed by atoms with Crippen LogP contribution >= 0.6 is 11.3 Å². The Bertz CT molecular complexity index is 1420. The summed E-state index contributed by atoms with van der Waals surface area (Å²) in [4.78, 5) is 19.3. The van der Waals surface area contributed by atoms with Gasteiger partial charge in [-0.25, -0.2) is 17.9 Å². The summed E-state index contributed by atoms with van der Waals surface area (Å²) in [5.74, 6) is -0.205. The van der Waals surface area contributed by atoms with Gasteiger partial charge in [-0.05, 0) is 31.4 Å². The van der Waals surface area contributed by atoms with E-state index >= 15 is 0 Å². The van der Waals surface area contributed by atoms with Crippen molar-refractivity contribution in [2.75, 3.05) is 26.2 Å². The third kappa shape index (κ3) is 3.73. The van der Waals surface area contributed by atoms with Gasteiger partial charge in [-0.15, -0.1) is 11.3 Å². The highest BCUT2D eigenvalue weighted by molar-refractivity contribution is 7.91. The van der Waals surface area contributed by atoms with Crippen LogP contribution in [-0.2, 0) is 16.6 Å². The normalized spacial score (nSPS) is 15.4. The average Bonchev–Trinajstić information content (AvgIpc) is 3.58. The van der Waals surface area contributed by atoms with Crippen LogP contribution in [0.3, 0.4) is 0 Å². The first-order valence-corrected chi connectivity index (χ1v) is 12.9. The lowest BCUT2D eigenvalue weighted by atomic mass is 10.2. The molecule has 4 aromatic heterocycles. The highest BCUT2D eigenvalue weighted by Crippen LogP contribution is 2.25. The Morgan fingerprint density at radius 1 is 1.18 bits per heavy atom. The van der Waals surface area contributed by atoms with E-state index in [1.807, 2.05) is 30.8 Å². The van der Waals surface area contributed by atoms with Crippen molar-refractivity contribution >= 4 is 32.9 Å². The van der Waals surface area contributed by atoms with Crippen LogP contribution in [-0.4, -0.2) is 74.1 Å². The fourth-order valence-corrected chi connectivity index (χ4v) is 6.58. The molecule has 172 valence electrons. The summed E-state index contributed by atoms with van der Waals surface area (Å²) in [6.45, 7) is 5.83. The molecule has 0 radical (unpaired) electrons. The van der Waals surface area contributed by atoms with E-state index in [0.717, 1.165) is 23.5 Å². The molecule has 0 N–H and O–H groups in total. The number of carbonyl (C=O) groups is 1. The maximum atomic E-state index is 13.3. The Hall–Kier alpha value is -3.09. The number of rotatable bonds is 5. The Labute approximate surface area is 195 Å². The van der Waals surface area contributed by atoms with Crippen LogP contribution in [0, 0.1) is 6.92 Å². The fraction of sp³-hybridized carbons (Fsp3) is 0.333. The summed E-state index contributed by atoms with van der Waals surface area (Å²) in [5, 5.41) is 10.7.